The Morgan fingerprint density at radius 2 is 1.75 bits per heavy atom. The lowest BCUT2D eigenvalue weighted by atomic mass is 9.86. The number of nitrogens with one attached hydrogen (secondary N) is 1. The molecule has 0 spiro atoms. The molecule has 7 heteroatoms. The molecule has 0 unspecified atom stereocenters. The van der Waals surface area contributed by atoms with Gasteiger partial charge in [0.15, 0.2) is 0 Å². The van der Waals surface area contributed by atoms with Crippen molar-refractivity contribution in [3.05, 3.63) is 75.3 Å². The number of nitrogens with two attached hydrogens (primary N) is 1. The molecule has 3 N–H and O–H groups in total. The predicted octanol–water partition coefficient (Wildman–Crippen LogP) is 2.65. The van der Waals surface area contributed by atoms with E-state index in [9.17, 15) is 19.7 Å². The Balaban J connectivity index is 2.04. The number of benzene rings is 2. The number of non-ortho nitro benzene ring substituents is 1. The summed E-state index contributed by atoms with van der Waals surface area (Å²) >= 11 is 0. The zero-order chi connectivity index (χ0) is 20.9. The first-order chi connectivity index (χ1) is 13.1. The maximum absolute atomic E-state index is 12.3. The van der Waals surface area contributed by atoms with Gasteiger partial charge < -0.3 is 11.1 Å². The number of rotatable bonds is 7. The number of hydrogen-bond acceptors (Lipinski definition) is 4. The van der Waals surface area contributed by atoms with Crippen LogP contribution >= 0.6 is 0 Å². The molecule has 2 amide bonds. The van der Waals surface area contributed by atoms with Gasteiger partial charge >= 0.3 is 0 Å². The number of hydrogen-bond donors (Lipinski definition) is 2. The molecule has 28 heavy (non-hydrogen) atoms. The van der Waals surface area contributed by atoms with Gasteiger partial charge in [0.25, 0.3) is 5.69 Å². The highest BCUT2D eigenvalue weighted by molar-refractivity contribution is 5.87. The molecule has 7 nitrogen and oxygen atoms in total. The first kappa shape index (κ1) is 21.1. The van der Waals surface area contributed by atoms with Gasteiger partial charge in [-0.1, -0.05) is 57.2 Å². The van der Waals surface area contributed by atoms with Crippen molar-refractivity contribution in [2.75, 3.05) is 0 Å². The first-order valence-corrected chi connectivity index (χ1v) is 8.97. The van der Waals surface area contributed by atoms with E-state index in [-0.39, 0.29) is 23.9 Å². The van der Waals surface area contributed by atoms with Gasteiger partial charge in [-0.25, -0.2) is 0 Å². The van der Waals surface area contributed by atoms with Gasteiger partial charge in [0.2, 0.25) is 11.8 Å². The summed E-state index contributed by atoms with van der Waals surface area (Å²) in [6, 6.07) is 12.8. The van der Waals surface area contributed by atoms with Crippen LogP contribution in [0, 0.1) is 10.1 Å². The summed E-state index contributed by atoms with van der Waals surface area (Å²) in [6.07, 6.45) is 0.203. The van der Waals surface area contributed by atoms with Crippen LogP contribution in [0.25, 0.3) is 0 Å². The second kappa shape index (κ2) is 8.65. The Kier molecular flexibility index (Phi) is 6.51. The first-order valence-electron chi connectivity index (χ1n) is 8.97. The smallest absolute Gasteiger partial charge is 0.269 e. The van der Waals surface area contributed by atoms with Crippen LogP contribution in [0.1, 0.15) is 37.5 Å². The average molecular weight is 383 g/mol. The molecule has 0 saturated heterocycles. The predicted molar refractivity (Wildman–Crippen MR) is 107 cm³/mol. The summed E-state index contributed by atoms with van der Waals surface area (Å²) in [5.74, 6) is -1.05. The minimum absolute atomic E-state index is 0.0220. The van der Waals surface area contributed by atoms with E-state index in [0.29, 0.717) is 5.56 Å². The monoisotopic (exact) mass is 383 g/mol. The number of nitro groups is 1. The highest BCUT2D eigenvalue weighted by Gasteiger charge is 2.20. The van der Waals surface area contributed by atoms with Crippen LogP contribution in [0.5, 0.6) is 0 Å². The molecule has 0 heterocycles. The molecule has 0 fully saturated rings. The van der Waals surface area contributed by atoms with Gasteiger partial charge in [-0.05, 0) is 22.1 Å². The van der Waals surface area contributed by atoms with E-state index in [1.54, 1.807) is 6.07 Å². The standard InChI is InChI=1S/C21H25N3O4/c1-21(2,3)16-9-7-14(8-10-16)12-18(20(22)26)23-19(25)13-15-5-4-6-17(11-15)24(27)28/h4-11,18H,12-13H2,1-3H3,(H2,22,26)(H,23,25)/t18-/m0/s1. The molecular formula is C21H25N3O4. The van der Waals surface area contributed by atoms with Crippen molar-refractivity contribution < 1.29 is 14.5 Å². The SMILES string of the molecule is CC(C)(C)c1ccc(C[C@H](NC(=O)Cc2cccc([N+](=O)[O-])c2)C(N)=O)cc1. The van der Waals surface area contributed by atoms with Crippen molar-refractivity contribution in [3.63, 3.8) is 0 Å². The molecule has 2 aromatic carbocycles. The zero-order valence-corrected chi connectivity index (χ0v) is 16.3. The van der Waals surface area contributed by atoms with E-state index < -0.39 is 22.8 Å². The Morgan fingerprint density at radius 1 is 1.11 bits per heavy atom. The minimum atomic E-state index is -0.855. The number of primary amides is 1. The van der Waals surface area contributed by atoms with Crippen LogP contribution in [0.4, 0.5) is 5.69 Å². The number of amides is 2. The fraction of sp³-hybridized carbons (Fsp3) is 0.333. The largest absolute Gasteiger partial charge is 0.368 e. The van der Waals surface area contributed by atoms with Crippen LogP contribution in [0.2, 0.25) is 0 Å². The lowest BCUT2D eigenvalue weighted by molar-refractivity contribution is -0.384. The molecule has 0 aliphatic rings. The van der Waals surface area contributed by atoms with Crippen molar-refractivity contribution in [1.82, 2.24) is 5.32 Å². The minimum Gasteiger partial charge on any atom is -0.368 e. The molecule has 0 aromatic heterocycles. The van der Waals surface area contributed by atoms with Gasteiger partial charge in [0, 0.05) is 18.6 Å². The molecule has 1 atom stereocenters. The summed E-state index contributed by atoms with van der Waals surface area (Å²) in [7, 11) is 0. The Labute approximate surface area is 164 Å². The topological polar surface area (TPSA) is 115 Å². The average Bonchev–Trinajstić information content (AvgIpc) is 2.61. The van der Waals surface area contributed by atoms with E-state index in [2.05, 4.69) is 26.1 Å². The third-order valence-electron chi connectivity index (χ3n) is 4.42. The Morgan fingerprint density at radius 3 is 2.29 bits per heavy atom. The second-order valence-corrected chi connectivity index (χ2v) is 7.78. The van der Waals surface area contributed by atoms with Crippen molar-refractivity contribution >= 4 is 17.5 Å². The van der Waals surface area contributed by atoms with Crippen LogP contribution < -0.4 is 11.1 Å². The fourth-order valence-corrected chi connectivity index (χ4v) is 2.81. The third-order valence-corrected chi connectivity index (χ3v) is 4.42. The molecule has 0 saturated carbocycles. The zero-order valence-electron chi connectivity index (χ0n) is 16.3. The summed E-state index contributed by atoms with van der Waals surface area (Å²) in [5.41, 5.74) is 7.92. The summed E-state index contributed by atoms with van der Waals surface area (Å²) in [5, 5.41) is 13.5. The molecule has 0 aliphatic carbocycles. The van der Waals surface area contributed by atoms with Gasteiger partial charge in [-0.2, -0.15) is 0 Å². The number of nitrogens with zero attached hydrogens (tertiary/aromatic N) is 1. The molecular weight excluding hydrogens is 358 g/mol. The maximum atomic E-state index is 12.3. The summed E-state index contributed by atoms with van der Waals surface area (Å²) < 4.78 is 0. The quantitative estimate of drug-likeness (QED) is 0.565. The number of carbonyl (C=O) groups is 2. The van der Waals surface area contributed by atoms with Crippen molar-refractivity contribution in [2.24, 2.45) is 5.73 Å². The van der Waals surface area contributed by atoms with Gasteiger partial charge in [-0.15, -0.1) is 0 Å². The van der Waals surface area contributed by atoms with Crippen molar-refractivity contribution in [2.45, 2.75) is 45.1 Å². The molecule has 0 bridgehead atoms. The van der Waals surface area contributed by atoms with Crippen molar-refractivity contribution in [1.29, 1.82) is 0 Å². The van der Waals surface area contributed by atoms with E-state index in [1.165, 1.54) is 23.8 Å². The lowest BCUT2D eigenvalue weighted by Crippen LogP contribution is -2.46. The lowest BCUT2D eigenvalue weighted by Gasteiger charge is -2.20. The van der Waals surface area contributed by atoms with Crippen LogP contribution in [-0.2, 0) is 27.8 Å². The van der Waals surface area contributed by atoms with Gasteiger partial charge in [0.1, 0.15) is 6.04 Å². The normalized spacial score (nSPS) is 12.2. The van der Waals surface area contributed by atoms with E-state index in [1.807, 2.05) is 24.3 Å². The van der Waals surface area contributed by atoms with E-state index in [0.717, 1.165) is 5.56 Å². The van der Waals surface area contributed by atoms with Crippen LogP contribution in [0.15, 0.2) is 48.5 Å². The third kappa shape index (κ3) is 5.90. The molecule has 0 aliphatic heterocycles. The van der Waals surface area contributed by atoms with Crippen molar-refractivity contribution in [3.8, 4) is 0 Å². The Bertz CT molecular complexity index is 870. The number of nitro benzene ring substituents is 1. The maximum Gasteiger partial charge on any atom is 0.269 e. The molecule has 148 valence electrons. The van der Waals surface area contributed by atoms with Crippen LogP contribution in [-0.4, -0.2) is 22.8 Å². The highest BCUT2D eigenvalue weighted by Crippen LogP contribution is 2.22. The molecule has 0 radical (unpaired) electrons. The van der Waals surface area contributed by atoms with E-state index in [4.69, 9.17) is 5.73 Å². The highest BCUT2D eigenvalue weighted by atomic mass is 16.6. The van der Waals surface area contributed by atoms with Gasteiger partial charge in [0.05, 0.1) is 11.3 Å². The van der Waals surface area contributed by atoms with E-state index >= 15 is 0 Å². The van der Waals surface area contributed by atoms with Crippen LogP contribution in [0.3, 0.4) is 0 Å². The van der Waals surface area contributed by atoms with Gasteiger partial charge in [-0.3, -0.25) is 19.7 Å². The summed E-state index contributed by atoms with van der Waals surface area (Å²) in [6.45, 7) is 6.34. The molecule has 2 aromatic rings. The molecule has 2 rings (SSSR count). The second-order valence-electron chi connectivity index (χ2n) is 7.78. The summed E-state index contributed by atoms with van der Waals surface area (Å²) in [4.78, 5) is 34.4. The fourth-order valence-electron chi connectivity index (χ4n) is 2.81. The Hall–Kier alpha value is -3.22. The number of carbonyl (C=O) groups excluding carboxylic acids is 2.